The molecule has 0 bridgehead atoms. The molecular formula is C18H20F2N2O3S. The third kappa shape index (κ3) is 5.60. The lowest BCUT2D eigenvalue weighted by atomic mass is 10.2. The summed E-state index contributed by atoms with van der Waals surface area (Å²) in [6, 6.07) is 10.4. The molecule has 0 fully saturated rings. The molecule has 1 amide bonds. The Morgan fingerprint density at radius 1 is 1.08 bits per heavy atom. The summed E-state index contributed by atoms with van der Waals surface area (Å²) >= 11 is 0. The van der Waals surface area contributed by atoms with Gasteiger partial charge in [0.05, 0.1) is 4.90 Å². The highest BCUT2D eigenvalue weighted by Crippen LogP contribution is 2.11. The molecule has 8 heteroatoms. The molecule has 0 spiro atoms. The minimum Gasteiger partial charge on any atom is -0.339 e. The summed E-state index contributed by atoms with van der Waals surface area (Å²) in [6.45, 7) is 2.37. The first-order valence-electron chi connectivity index (χ1n) is 8.09. The summed E-state index contributed by atoms with van der Waals surface area (Å²) in [5, 5.41) is 0. The van der Waals surface area contributed by atoms with Crippen molar-refractivity contribution in [1.29, 1.82) is 0 Å². The predicted octanol–water partition coefficient (Wildman–Crippen LogP) is 2.68. The van der Waals surface area contributed by atoms with Crippen molar-refractivity contribution in [3.05, 3.63) is 65.7 Å². The molecule has 0 saturated carbocycles. The quantitative estimate of drug-likeness (QED) is 0.763. The third-order valence-corrected chi connectivity index (χ3v) is 5.23. The monoisotopic (exact) mass is 382 g/mol. The average Bonchev–Trinajstić information content (AvgIpc) is 2.60. The summed E-state index contributed by atoms with van der Waals surface area (Å²) in [4.78, 5) is 13.7. The fourth-order valence-electron chi connectivity index (χ4n) is 2.38. The minimum absolute atomic E-state index is 0.0381. The van der Waals surface area contributed by atoms with Crippen LogP contribution in [0.2, 0.25) is 0 Å². The van der Waals surface area contributed by atoms with Crippen LogP contribution in [0.5, 0.6) is 0 Å². The van der Waals surface area contributed by atoms with Crippen LogP contribution >= 0.6 is 0 Å². The number of hydrogen-bond acceptors (Lipinski definition) is 3. The molecule has 0 saturated heterocycles. The smallest absolute Gasteiger partial charge is 0.240 e. The number of nitrogens with zero attached hydrogens (tertiary/aromatic N) is 1. The number of amides is 1. The lowest BCUT2D eigenvalue weighted by Gasteiger charge is -2.21. The largest absolute Gasteiger partial charge is 0.339 e. The molecular weight excluding hydrogens is 362 g/mol. The standard InChI is InChI=1S/C18H20F2N2O3S/c1-2-22(13-14-4-3-5-16(20)12-14)18(23)10-11-21-26(24,25)17-8-6-15(19)7-9-17/h3-9,12,21H,2,10-11,13H2,1H3. The Labute approximate surface area is 151 Å². The Kier molecular flexibility index (Phi) is 6.82. The molecule has 0 atom stereocenters. The number of nitrogens with one attached hydrogen (secondary N) is 1. The van der Waals surface area contributed by atoms with Gasteiger partial charge in [-0.1, -0.05) is 12.1 Å². The normalized spacial score (nSPS) is 11.3. The zero-order chi connectivity index (χ0) is 19.2. The number of hydrogen-bond donors (Lipinski definition) is 1. The highest BCUT2D eigenvalue weighted by molar-refractivity contribution is 7.89. The number of carbonyl (C=O) groups is 1. The van der Waals surface area contributed by atoms with Gasteiger partial charge in [0.2, 0.25) is 15.9 Å². The molecule has 0 radical (unpaired) electrons. The van der Waals surface area contributed by atoms with Crippen LogP contribution in [0.3, 0.4) is 0 Å². The summed E-state index contributed by atoms with van der Waals surface area (Å²) in [6.07, 6.45) is -0.0381. The second-order valence-electron chi connectivity index (χ2n) is 5.64. The third-order valence-electron chi connectivity index (χ3n) is 3.75. The van der Waals surface area contributed by atoms with Gasteiger partial charge in [-0.05, 0) is 48.9 Å². The van der Waals surface area contributed by atoms with Crippen LogP contribution in [0.4, 0.5) is 8.78 Å². The molecule has 0 aromatic heterocycles. The Hall–Kier alpha value is -2.32. The maximum Gasteiger partial charge on any atom is 0.240 e. The van der Waals surface area contributed by atoms with E-state index in [-0.39, 0.29) is 36.1 Å². The first-order chi connectivity index (χ1) is 12.3. The lowest BCUT2D eigenvalue weighted by Crippen LogP contribution is -2.34. The highest BCUT2D eigenvalue weighted by Gasteiger charge is 2.16. The topological polar surface area (TPSA) is 66.5 Å². The van der Waals surface area contributed by atoms with Crippen LogP contribution in [0.1, 0.15) is 18.9 Å². The summed E-state index contributed by atoms with van der Waals surface area (Å²) in [7, 11) is -3.81. The van der Waals surface area contributed by atoms with E-state index in [0.717, 1.165) is 24.3 Å². The van der Waals surface area contributed by atoms with Crippen molar-refractivity contribution in [1.82, 2.24) is 9.62 Å². The summed E-state index contributed by atoms with van der Waals surface area (Å²) in [5.74, 6) is -1.16. The van der Waals surface area contributed by atoms with E-state index < -0.39 is 15.8 Å². The molecule has 2 aromatic carbocycles. The van der Waals surface area contributed by atoms with Crippen molar-refractivity contribution in [2.45, 2.75) is 24.8 Å². The van der Waals surface area contributed by atoms with Crippen molar-refractivity contribution in [3.8, 4) is 0 Å². The fraction of sp³-hybridized carbons (Fsp3) is 0.278. The van der Waals surface area contributed by atoms with E-state index >= 15 is 0 Å². The molecule has 26 heavy (non-hydrogen) atoms. The number of benzene rings is 2. The maximum absolute atomic E-state index is 13.2. The molecule has 2 aromatic rings. The van der Waals surface area contributed by atoms with E-state index in [9.17, 15) is 22.0 Å². The van der Waals surface area contributed by atoms with E-state index in [1.807, 2.05) is 0 Å². The van der Waals surface area contributed by atoms with Crippen LogP contribution in [0.15, 0.2) is 53.4 Å². The molecule has 0 aliphatic heterocycles. The van der Waals surface area contributed by atoms with E-state index in [1.54, 1.807) is 19.1 Å². The van der Waals surface area contributed by atoms with E-state index in [4.69, 9.17) is 0 Å². The molecule has 5 nitrogen and oxygen atoms in total. The molecule has 1 N–H and O–H groups in total. The number of sulfonamides is 1. The van der Waals surface area contributed by atoms with Crippen molar-refractivity contribution in [2.24, 2.45) is 0 Å². The summed E-state index contributed by atoms with van der Waals surface area (Å²) < 4.78 is 52.6. The van der Waals surface area contributed by atoms with Gasteiger partial charge in [-0.2, -0.15) is 0 Å². The maximum atomic E-state index is 13.2. The zero-order valence-electron chi connectivity index (χ0n) is 14.3. The number of rotatable bonds is 8. The Bertz CT molecular complexity index is 855. The average molecular weight is 382 g/mol. The number of carbonyl (C=O) groups excluding carboxylic acids is 1. The summed E-state index contributed by atoms with van der Waals surface area (Å²) in [5.41, 5.74) is 0.659. The van der Waals surface area contributed by atoms with Gasteiger partial charge < -0.3 is 4.90 Å². The predicted molar refractivity (Wildman–Crippen MR) is 93.7 cm³/mol. The van der Waals surface area contributed by atoms with Gasteiger partial charge in [0.1, 0.15) is 11.6 Å². The molecule has 0 unspecified atom stereocenters. The second-order valence-corrected chi connectivity index (χ2v) is 7.41. The van der Waals surface area contributed by atoms with Gasteiger partial charge in [0.15, 0.2) is 0 Å². The highest BCUT2D eigenvalue weighted by atomic mass is 32.2. The SMILES string of the molecule is CCN(Cc1cccc(F)c1)C(=O)CCNS(=O)(=O)c1ccc(F)cc1. The number of halogens is 2. The van der Waals surface area contributed by atoms with Gasteiger partial charge in [-0.25, -0.2) is 21.9 Å². The zero-order valence-corrected chi connectivity index (χ0v) is 15.1. The fourth-order valence-corrected chi connectivity index (χ4v) is 3.41. The van der Waals surface area contributed by atoms with E-state index in [2.05, 4.69) is 4.72 Å². The Morgan fingerprint density at radius 3 is 2.38 bits per heavy atom. The van der Waals surface area contributed by atoms with Crippen LogP contribution in [-0.4, -0.2) is 32.3 Å². The van der Waals surface area contributed by atoms with Crippen LogP contribution < -0.4 is 4.72 Å². The van der Waals surface area contributed by atoms with E-state index in [1.165, 1.54) is 17.0 Å². The molecule has 0 heterocycles. The van der Waals surface area contributed by atoms with Crippen molar-refractivity contribution < 1.29 is 22.0 Å². The van der Waals surface area contributed by atoms with Gasteiger partial charge in [-0.15, -0.1) is 0 Å². The van der Waals surface area contributed by atoms with Gasteiger partial charge in [-0.3, -0.25) is 4.79 Å². The Morgan fingerprint density at radius 2 is 1.77 bits per heavy atom. The molecule has 0 aliphatic carbocycles. The van der Waals surface area contributed by atoms with Crippen molar-refractivity contribution in [2.75, 3.05) is 13.1 Å². The second kappa shape index (κ2) is 8.86. The van der Waals surface area contributed by atoms with Gasteiger partial charge in [0, 0.05) is 26.1 Å². The minimum atomic E-state index is -3.81. The molecule has 2 rings (SSSR count). The van der Waals surface area contributed by atoms with Crippen molar-refractivity contribution >= 4 is 15.9 Å². The lowest BCUT2D eigenvalue weighted by molar-refractivity contribution is -0.131. The first kappa shape index (κ1) is 20.0. The van der Waals surface area contributed by atoms with E-state index in [0.29, 0.717) is 12.1 Å². The van der Waals surface area contributed by atoms with Crippen LogP contribution in [0, 0.1) is 11.6 Å². The van der Waals surface area contributed by atoms with Gasteiger partial charge >= 0.3 is 0 Å². The van der Waals surface area contributed by atoms with Crippen molar-refractivity contribution in [3.63, 3.8) is 0 Å². The molecule has 0 aliphatic rings. The molecule has 140 valence electrons. The van der Waals surface area contributed by atoms with Crippen LogP contribution in [-0.2, 0) is 21.4 Å². The van der Waals surface area contributed by atoms with Gasteiger partial charge in [0.25, 0.3) is 0 Å². The Balaban J connectivity index is 1.91. The van der Waals surface area contributed by atoms with Crippen LogP contribution in [0.25, 0.3) is 0 Å². The first-order valence-corrected chi connectivity index (χ1v) is 9.57.